The number of nitrogens with zero attached hydrogens (tertiary/aromatic N) is 1. The lowest BCUT2D eigenvalue weighted by Gasteiger charge is -2.18. The highest BCUT2D eigenvalue weighted by molar-refractivity contribution is 14.0. The van der Waals surface area contributed by atoms with Crippen LogP contribution in [0, 0.1) is 12.7 Å². The van der Waals surface area contributed by atoms with Crippen LogP contribution in [0.5, 0.6) is 0 Å². The number of benzene rings is 1. The Bertz CT molecular complexity index is 555. The van der Waals surface area contributed by atoms with E-state index in [1.54, 1.807) is 27.1 Å². The minimum Gasteiger partial charge on any atom is -0.383 e. The second kappa shape index (κ2) is 12.0. The van der Waals surface area contributed by atoms with Crippen LogP contribution in [0.2, 0.25) is 0 Å². The van der Waals surface area contributed by atoms with Crippen molar-refractivity contribution in [3.63, 3.8) is 0 Å². The van der Waals surface area contributed by atoms with Crippen LogP contribution in [0.4, 0.5) is 4.39 Å². The fourth-order valence-electron chi connectivity index (χ4n) is 1.88. The zero-order valence-corrected chi connectivity index (χ0v) is 16.8. The molecule has 0 aromatic heterocycles. The predicted octanol–water partition coefficient (Wildman–Crippen LogP) is 1.74. The number of hydrogen-bond donors (Lipinski definition) is 3. The number of nitrogens with one attached hydrogen (secondary N) is 3. The summed E-state index contributed by atoms with van der Waals surface area (Å²) in [7, 11) is 3.19. The van der Waals surface area contributed by atoms with Crippen molar-refractivity contribution in [3.8, 4) is 0 Å². The molecule has 136 valence electrons. The van der Waals surface area contributed by atoms with Crippen LogP contribution in [-0.4, -0.2) is 45.7 Å². The highest BCUT2D eigenvalue weighted by Gasteiger charge is 2.10. The molecule has 1 aromatic rings. The molecule has 8 heteroatoms. The molecule has 0 heterocycles. The Morgan fingerprint density at radius 3 is 2.67 bits per heavy atom. The van der Waals surface area contributed by atoms with Crippen molar-refractivity contribution in [1.29, 1.82) is 0 Å². The van der Waals surface area contributed by atoms with Gasteiger partial charge in [-0.1, -0.05) is 12.1 Å². The molecule has 0 fully saturated rings. The summed E-state index contributed by atoms with van der Waals surface area (Å²) in [6, 6.07) is 4.95. The fraction of sp³-hybridized carbons (Fsp3) is 0.500. The average Bonchev–Trinajstić information content (AvgIpc) is 2.54. The molecule has 6 nitrogen and oxygen atoms in total. The first kappa shape index (κ1) is 22.6. The molecule has 0 spiro atoms. The van der Waals surface area contributed by atoms with E-state index in [0.29, 0.717) is 24.7 Å². The van der Waals surface area contributed by atoms with Crippen LogP contribution >= 0.6 is 24.0 Å². The third kappa shape index (κ3) is 7.91. The molecule has 3 N–H and O–H groups in total. The number of guanidine groups is 1. The zero-order valence-electron chi connectivity index (χ0n) is 14.5. The Hall–Kier alpha value is -1.42. The second-order valence-electron chi connectivity index (χ2n) is 5.14. The number of hydrogen-bond acceptors (Lipinski definition) is 3. The topological polar surface area (TPSA) is 74.8 Å². The van der Waals surface area contributed by atoms with Crippen molar-refractivity contribution < 1.29 is 13.9 Å². The van der Waals surface area contributed by atoms with E-state index >= 15 is 0 Å². The van der Waals surface area contributed by atoms with Crippen molar-refractivity contribution in [3.05, 3.63) is 35.1 Å². The number of ether oxygens (including phenoxy) is 1. The Morgan fingerprint density at radius 2 is 2.08 bits per heavy atom. The quantitative estimate of drug-likeness (QED) is 0.255. The summed E-state index contributed by atoms with van der Waals surface area (Å²) in [5.74, 6) is 0.0797. The van der Waals surface area contributed by atoms with Crippen LogP contribution < -0.4 is 16.0 Å². The normalized spacial score (nSPS) is 12.1. The minimum atomic E-state index is -0.239. The van der Waals surface area contributed by atoms with Gasteiger partial charge in [0.1, 0.15) is 5.82 Å². The number of aryl methyl sites for hydroxylation is 1. The zero-order chi connectivity index (χ0) is 17.2. The number of methoxy groups -OCH3 is 1. The highest BCUT2D eigenvalue weighted by atomic mass is 127. The Kier molecular flexibility index (Phi) is 11.3. The molecule has 1 unspecified atom stereocenters. The fourth-order valence-corrected chi connectivity index (χ4v) is 1.88. The molecule has 0 saturated heterocycles. The maximum Gasteiger partial charge on any atom is 0.239 e. The number of carbonyl (C=O) groups excluding carboxylic acids is 1. The van der Waals surface area contributed by atoms with Gasteiger partial charge in [0.2, 0.25) is 5.91 Å². The molecule has 24 heavy (non-hydrogen) atoms. The van der Waals surface area contributed by atoms with Crippen molar-refractivity contribution in [2.45, 2.75) is 19.9 Å². The van der Waals surface area contributed by atoms with Crippen LogP contribution in [-0.2, 0) is 9.53 Å². The van der Waals surface area contributed by atoms with E-state index in [1.165, 1.54) is 6.07 Å². The van der Waals surface area contributed by atoms with E-state index in [1.807, 2.05) is 13.0 Å². The molecular weight excluding hydrogens is 426 g/mol. The number of amides is 1. The maximum atomic E-state index is 13.6. The van der Waals surface area contributed by atoms with Crippen molar-refractivity contribution in [2.24, 2.45) is 4.99 Å². The lowest BCUT2D eigenvalue weighted by atomic mass is 10.1. The molecule has 0 aliphatic rings. The molecule has 0 saturated carbocycles. The number of halogens is 2. The largest absolute Gasteiger partial charge is 0.383 e. The van der Waals surface area contributed by atoms with Crippen LogP contribution in [0.3, 0.4) is 0 Å². The van der Waals surface area contributed by atoms with Gasteiger partial charge in [-0.3, -0.25) is 9.79 Å². The summed E-state index contributed by atoms with van der Waals surface area (Å²) in [6.45, 7) is 4.64. The van der Waals surface area contributed by atoms with Gasteiger partial charge in [0.05, 0.1) is 19.2 Å². The van der Waals surface area contributed by atoms with E-state index < -0.39 is 0 Å². The first-order chi connectivity index (χ1) is 11.0. The summed E-state index contributed by atoms with van der Waals surface area (Å²) < 4.78 is 18.5. The highest BCUT2D eigenvalue weighted by Crippen LogP contribution is 2.16. The first-order valence-electron chi connectivity index (χ1n) is 7.46. The van der Waals surface area contributed by atoms with Crippen LogP contribution in [0.25, 0.3) is 0 Å². The SMILES string of the molecule is CN=C(NCC(=O)NCCOC)NC(C)c1ccc(C)c(F)c1.I. The van der Waals surface area contributed by atoms with Gasteiger partial charge >= 0.3 is 0 Å². The summed E-state index contributed by atoms with van der Waals surface area (Å²) in [5.41, 5.74) is 1.41. The standard InChI is InChI=1S/C16H25FN4O2.HI/c1-11-5-6-13(9-14(11)17)12(2)21-16(18-3)20-10-15(22)19-7-8-23-4;/h5-6,9,12H,7-8,10H2,1-4H3,(H,19,22)(H2,18,20,21);1H. The average molecular weight is 452 g/mol. The van der Waals surface area contributed by atoms with E-state index in [9.17, 15) is 9.18 Å². The molecule has 1 aromatic carbocycles. The summed E-state index contributed by atoms with van der Waals surface area (Å²) >= 11 is 0. The molecule has 0 bridgehead atoms. The smallest absolute Gasteiger partial charge is 0.239 e. The van der Waals surface area contributed by atoms with Crippen molar-refractivity contribution in [2.75, 3.05) is 33.9 Å². The molecule has 0 aliphatic carbocycles. The van der Waals surface area contributed by atoms with Gasteiger partial charge in [-0.25, -0.2) is 4.39 Å². The van der Waals surface area contributed by atoms with Crippen LogP contribution in [0.1, 0.15) is 24.1 Å². The monoisotopic (exact) mass is 452 g/mol. The molecule has 1 atom stereocenters. The molecule has 1 amide bonds. The van der Waals surface area contributed by atoms with Gasteiger partial charge < -0.3 is 20.7 Å². The van der Waals surface area contributed by atoms with Gasteiger partial charge in [-0.05, 0) is 31.0 Å². The van der Waals surface area contributed by atoms with Crippen molar-refractivity contribution in [1.82, 2.24) is 16.0 Å². The second-order valence-corrected chi connectivity index (χ2v) is 5.14. The Balaban J connectivity index is 0.00000529. The summed E-state index contributed by atoms with van der Waals surface area (Å²) in [5, 5.41) is 8.74. The third-order valence-electron chi connectivity index (χ3n) is 3.32. The third-order valence-corrected chi connectivity index (χ3v) is 3.32. The van der Waals surface area contributed by atoms with E-state index in [-0.39, 0.29) is 48.3 Å². The van der Waals surface area contributed by atoms with Gasteiger partial charge in [-0.2, -0.15) is 0 Å². The van der Waals surface area contributed by atoms with Gasteiger partial charge in [0.25, 0.3) is 0 Å². The predicted molar refractivity (Wildman–Crippen MR) is 104 cm³/mol. The number of carbonyl (C=O) groups is 1. The van der Waals surface area contributed by atoms with E-state index in [4.69, 9.17) is 4.74 Å². The van der Waals surface area contributed by atoms with Gasteiger partial charge in [0.15, 0.2) is 5.96 Å². The van der Waals surface area contributed by atoms with E-state index in [2.05, 4.69) is 20.9 Å². The molecule has 1 rings (SSSR count). The minimum absolute atomic E-state index is 0. The number of aliphatic imine (C=N–C) groups is 1. The number of rotatable bonds is 7. The molecule has 0 aliphatic heterocycles. The van der Waals surface area contributed by atoms with Gasteiger partial charge in [-0.15, -0.1) is 24.0 Å². The van der Waals surface area contributed by atoms with Crippen molar-refractivity contribution >= 4 is 35.8 Å². The lowest BCUT2D eigenvalue weighted by Crippen LogP contribution is -2.44. The molecule has 0 radical (unpaired) electrons. The Labute approximate surface area is 159 Å². The van der Waals surface area contributed by atoms with E-state index in [0.717, 1.165) is 5.56 Å². The lowest BCUT2D eigenvalue weighted by molar-refractivity contribution is -0.120. The summed E-state index contributed by atoms with van der Waals surface area (Å²) in [4.78, 5) is 15.7. The molecular formula is C16H26FIN4O2. The maximum absolute atomic E-state index is 13.6. The first-order valence-corrected chi connectivity index (χ1v) is 7.46. The Morgan fingerprint density at radius 1 is 1.38 bits per heavy atom. The summed E-state index contributed by atoms with van der Waals surface area (Å²) in [6.07, 6.45) is 0. The van der Waals surface area contributed by atoms with Crippen LogP contribution in [0.15, 0.2) is 23.2 Å². The van der Waals surface area contributed by atoms with Gasteiger partial charge in [0, 0.05) is 20.7 Å².